The van der Waals surface area contributed by atoms with E-state index in [0.717, 1.165) is 42.4 Å². The zero-order valence-corrected chi connectivity index (χ0v) is 27.9. The second-order valence-electron chi connectivity index (χ2n) is 11.7. The van der Waals surface area contributed by atoms with Gasteiger partial charge in [-0.25, -0.2) is 8.42 Å². The second-order valence-corrected chi connectivity index (χ2v) is 14.4. The molecule has 2 amide bonds. The molecule has 7 nitrogen and oxygen atoms in total. The molecule has 1 unspecified atom stereocenters. The van der Waals surface area contributed by atoms with Gasteiger partial charge >= 0.3 is 0 Å². The molecule has 1 saturated carbocycles. The third-order valence-corrected chi connectivity index (χ3v) is 9.91. The third kappa shape index (κ3) is 9.22. The van der Waals surface area contributed by atoms with Gasteiger partial charge in [-0.2, -0.15) is 0 Å². The summed E-state index contributed by atoms with van der Waals surface area (Å²) in [5.74, 6) is -0.498. The molecule has 1 atom stereocenters. The summed E-state index contributed by atoms with van der Waals surface area (Å²) in [5.41, 5.74) is 3.94. The molecular weight excluding hydrogens is 617 g/mol. The van der Waals surface area contributed by atoms with Crippen LogP contribution in [0.2, 0.25) is 10.0 Å². The van der Waals surface area contributed by atoms with Crippen molar-refractivity contribution >= 4 is 50.7 Å². The van der Waals surface area contributed by atoms with E-state index in [4.69, 9.17) is 23.2 Å². The molecule has 3 aromatic carbocycles. The van der Waals surface area contributed by atoms with Crippen molar-refractivity contribution in [2.45, 2.75) is 77.4 Å². The van der Waals surface area contributed by atoms with Crippen LogP contribution in [0.5, 0.6) is 0 Å². The Kier molecular flexibility index (Phi) is 11.7. The molecule has 0 radical (unpaired) electrons. The van der Waals surface area contributed by atoms with Crippen LogP contribution >= 0.6 is 23.2 Å². The lowest BCUT2D eigenvalue weighted by atomic mass is 10.0. The number of carbonyl (C=O) groups is 2. The third-order valence-electron chi connectivity index (χ3n) is 8.01. The SMILES string of the molecule is Cc1cc(C)cc(N(CCCC(=O)N(Cc2c(Cl)cccc2Cl)C(Cc2ccccc2)C(=O)NC2CCCC2)S(C)(=O)=O)c1. The van der Waals surface area contributed by atoms with Crippen LogP contribution in [-0.2, 0) is 32.6 Å². The minimum absolute atomic E-state index is 0.0287. The van der Waals surface area contributed by atoms with Crippen LogP contribution in [0.3, 0.4) is 0 Å². The van der Waals surface area contributed by atoms with E-state index in [2.05, 4.69) is 5.32 Å². The highest BCUT2D eigenvalue weighted by molar-refractivity contribution is 7.92. The van der Waals surface area contributed by atoms with Gasteiger partial charge in [0, 0.05) is 47.6 Å². The van der Waals surface area contributed by atoms with Crippen LogP contribution in [0.1, 0.15) is 60.8 Å². The molecule has 0 heterocycles. The molecule has 1 fully saturated rings. The van der Waals surface area contributed by atoms with Gasteiger partial charge < -0.3 is 10.2 Å². The van der Waals surface area contributed by atoms with E-state index in [0.29, 0.717) is 27.7 Å². The van der Waals surface area contributed by atoms with Crippen molar-refractivity contribution in [3.8, 4) is 0 Å². The lowest BCUT2D eigenvalue weighted by Crippen LogP contribution is -2.52. The van der Waals surface area contributed by atoms with Crippen molar-refractivity contribution < 1.29 is 18.0 Å². The number of nitrogens with zero attached hydrogens (tertiary/aromatic N) is 2. The largest absolute Gasteiger partial charge is 0.352 e. The van der Waals surface area contributed by atoms with Gasteiger partial charge in [0.05, 0.1) is 11.9 Å². The van der Waals surface area contributed by atoms with Gasteiger partial charge in [0.15, 0.2) is 0 Å². The highest BCUT2D eigenvalue weighted by Crippen LogP contribution is 2.28. The number of hydrogen-bond acceptors (Lipinski definition) is 4. The first-order valence-corrected chi connectivity index (χ1v) is 17.7. The molecule has 44 heavy (non-hydrogen) atoms. The smallest absolute Gasteiger partial charge is 0.243 e. The Hall–Kier alpha value is -3.07. The number of anilines is 1. The fourth-order valence-corrected chi connectivity index (χ4v) is 7.34. The van der Waals surface area contributed by atoms with Gasteiger partial charge in [-0.1, -0.05) is 78.5 Å². The summed E-state index contributed by atoms with van der Waals surface area (Å²) in [6, 6.07) is 19.7. The molecule has 10 heteroatoms. The van der Waals surface area contributed by atoms with Gasteiger partial charge in [-0.3, -0.25) is 13.9 Å². The first kappa shape index (κ1) is 33.8. The summed E-state index contributed by atoms with van der Waals surface area (Å²) in [5, 5.41) is 4.00. The molecule has 4 rings (SSSR count). The molecular formula is C34H41Cl2N3O4S. The van der Waals surface area contributed by atoms with Crippen LogP contribution in [0.15, 0.2) is 66.7 Å². The highest BCUT2D eigenvalue weighted by atomic mass is 35.5. The van der Waals surface area contributed by atoms with E-state index in [9.17, 15) is 18.0 Å². The Balaban J connectivity index is 1.63. The normalized spacial score (nSPS) is 14.3. The van der Waals surface area contributed by atoms with Crippen LogP contribution in [0.25, 0.3) is 0 Å². The van der Waals surface area contributed by atoms with E-state index in [1.54, 1.807) is 23.1 Å². The summed E-state index contributed by atoms with van der Waals surface area (Å²) in [6.07, 6.45) is 5.70. The van der Waals surface area contributed by atoms with Gasteiger partial charge in [-0.15, -0.1) is 0 Å². The van der Waals surface area contributed by atoms with Crippen molar-refractivity contribution in [1.82, 2.24) is 10.2 Å². The van der Waals surface area contributed by atoms with Gasteiger partial charge in [0.25, 0.3) is 0 Å². The summed E-state index contributed by atoms with van der Waals surface area (Å²) in [4.78, 5) is 29.6. The van der Waals surface area contributed by atoms with E-state index >= 15 is 0 Å². The molecule has 3 aromatic rings. The van der Waals surface area contributed by atoms with Crippen LogP contribution in [-0.4, -0.2) is 50.0 Å². The van der Waals surface area contributed by atoms with Gasteiger partial charge in [0.2, 0.25) is 21.8 Å². The number of halogens is 2. The summed E-state index contributed by atoms with van der Waals surface area (Å²) < 4.78 is 26.9. The standard InChI is InChI=1S/C34H41Cl2N3O4S/c1-24-19-25(2)21-28(20-24)39(44(3,42)43)18-10-17-33(40)38(23-29-30(35)15-9-16-31(29)36)32(22-26-11-5-4-6-12-26)34(41)37-27-13-7-8-14-27/h4-6,9,11-12,15-16,19-21,27,32H,7-8,10,13-14,17-18,22-23H2,1-3H3,(H,37,41). The van der Waals surface area contributed by atoms with Gasteiger partial charge in [0.1, 0.15) is 6.04 Å². The first-order valence-electron chi connectivity index (χ1n) is 15.0. The number of benzene rings is 3. The Morgan fingerprint density at radius 3 is 2.14 bits per heavy atom. The fourth-order valence-electron chi connectivity index (χ4n) is 5.87. The number of aryl methyl sites for hydroxylation is 2. The average Bonchev–Trinajstić information content (AvgIpc) is 3.46. The fraction of sp³-hybridized carbons (Fsp3) is 0.412. The molecule has 0 bridgehead atoms. The van der Waals surface area contributed by atoms with Gasteiger partial charge in [-0.05, 0) is 74.1 Å². The summed E-state index contributed by atoms with van der Waals surface area (Å²) in [6.45, 7) is 4.00. The zero-order chi connectivity index (χ0) is 31.9. The number of hydrogen-bond donors (Lipinski definition) is 1. The lowest BCUT2D eigenvalue weighted by molar-refractivity contribution is -0.141. The predicted octanol–water partition coefficient (Wildman–Crippen LogP) is 6.86. The maximum Gasteiger partial charge on any atom is 0.243 e. The van der Waals surface area contributed by atoms with Crippen molar-refractivity contribution in [2.24, 2.45) is 0 Å². The molecule has 1 aliphatic rings. The number of nitrogens with one attached hydrogen (secondary N) is 1. The molecule has 236 valence electrons. The Morgan fingerprint density at radius 2 is 1.55 bits per heavy atom. The van der Waals surface area contributed by atoms with Crippen LogP contribution in [0.4, 0.5) is 5.69 Å². The molecule has 1 aliphatic carbocycles. The minimum Gasteiger partial charge on any atom is -0.352 e. The average molecular weight is 659 g/mol. The number of rotatable bonds is 13. The molecule has 0 spiro atoms. The van der Waals surface area contributed by atoms with E-state index < -0.39 is 16.1 Å². The van der Waals surface area contributed by atoms with E-state index in [-0.39, 0.29) is 43.8 Å². The quantitative estimate of drug-likeness (QED) is 0.218. The Morgan fingerprint density at radius 1 is 0.932 bits per heavy atom. The van der Waals surface area contributed by atoms with E-state index in [1.807, 2.05) is 62.4 Å². The van der Waals surface area contributed by atoms with Crippen LogP contribution < -0.4 is 9.62 Å². The highest BCUT2D eigenvalue weighted by Gasteiger charge is 2.33. The summed E-state index contributed by atoms with van der Waals surface area (Å²) in [7, 11) is -3.60. The number of amides is 2. The van der Waals surface area contributed by atoms with Crippen molar-refractivity contribution in [3.63, 3.8) is 0 Å². The molecule has 0 aromatic heterocycles. The lowest BCUT2D eigenvalue weighted by Gasteiger charge is -2.33. The maximum atomic E-state index is 14.1. The maximum absolute atomic E-state index is 14.1. The second kappa shape index (κ2) is 15.3. The Labute approximate surface area is 271 Å². The predicted molar refractivity (Wildman–Crippen MR) is 179 cm³/mol. The molecule has 0 aliphatic heterocycles. The monoisotopic (exact) mass is 657 g/mol. The number of carbonyl (C=O) groups excluding carboxylic acids is 2. The molecule has 0 saturated heterocycles. The topological polar surface area (TPSA) is 86.8 Å². The molecule has 1 N–H and O–H groups in total. The zero-order valence-electron chi connectivity index (χ0n) is 25.6. The van der Waals surface area contributed by atoms with Crippen LogP contribution in [0, 0.1) is 13.8 Å². The van der Waals surface area contributed by atoms with Crippen molar-refractivity contribution in [2.75, 3.05) is 17.1 Å². The minimum atomic E-state index is -3.60. The number of sulfonamides is 1. The Bertz CT molecular complexity index is 1520. The first-order chi connectivity index (χ1) is 20.9. The van der Waals surface area contributed by atoms with Crippen molar-refractivity contribution in [3.05, 3.63) is 99.0 Å². The van der Waals surface area contributed by atoms with Crippen molar-refractivity contribution in [1.29, 1.82) is 0 Å². The van der Waals surface area contributed by atoms with E-state index in [1.165, 1.54) is 10.6 Å². The summed E-state index contributed by atoms with van der Waals surface area (Å²) >= 11 is 13.1.